The normalized spacial score (nSPS) is 23.2. The molecule has 1 saturated heterocycles. The van der Waals surface area contributed by atoms with E-state index in [0.717, 1.165) is 5.69 Å². The fraction of sp³-hybridized carbons (Fsp3) is 0.583. The number of aryl methyl sites for hydroxylation is 1. The summed E-state index contributed by atoms with van der Waals surface area (Å²) in [6, 6.07) is -0.276. The van der Waals surface area contributed by atoms with Crippen molar-refractivity contribution in [2.45, 2.75) is 32.7 Å². The maximum Gasteiger partial charge on any atom is 0.323 e. The molecule has 1 aromatic rings. The summed E-state index contributed by atoms with van der Waals surface area (Å²) >= 11 is 1.38. The number of aromatic nitrogens is 1. The highest BCUT2D eigenvalue weighted by Gasteiger charge is 2.32. The Hall–Kier alpha value is -1.63. The fourth-order valence-corrected chi connectivity index (χ4v) is 2.95. The highest BCUT2D eigenvalue weighted by molar-refractivity contribution is 7.13. The Kier molecular flexibility index (Phi) is 4.04. The molecule has 6 nitrogen and oxygen atoms in total. The second-order valence-corrected chi connectivity index (χ2v) is 5.68. The molecule has 2 atom stereocenters. The van der Waals surface area contributed by atoms with Crippen LogP contribution < -0.4 is 5.32 Å². The average Bonchev–Trinajstić information content (AvgIpc) is 2.74. The van der Waals surface area contributed by atoms with Gasteiger partial charge in [-0.1, -0.05) is 0 Å². The highest BCUT2D eigenvalue weighted by atomic mass is 32.1. The molecular weight excluding hydrogens is 266 g/mol. The minimum atomic E-state index is -0.776. The molecule has 0 spiro atoms. The van der Waals surface area contributed by atoms with Gasteiger partial charge in [-0.15, -0.1) is 11.3 Å². The van der Waals surface area contributed by atoms with Gasteiger partial charge in [0.05, 0.1) is 11.6 Å². The zero-order valence-electron chi connectivity index (χ0n) is 10.9. The largest absolute Gasteiger partial charge is 0.481 e. The van der Waals surface area contributed by atoms with Crippen LogP contribution in [-0.2, 0) is 4.79 Å². The van der Waals surface area contributed by atoms with Crippen molar-refractivity contribution < 1.29 is 14.7 Å². The molecule has 1 fully saturated rings. The molecule has 1 aliphatic heterocycles. The zero-order valence-corrected chi connectivity index (χ0v) is 11.7. The first-order valence-corrected chi connectivity index (χ1v) is 7.08. The first-order valence-electron chi connectivity index (χ1n) is 6.20. The van der Waals surface area contributed by atoms with Crippen LogP contribution in [0, 0.1) is 12.8 Å². The molecule has 2 N–H and O–H groups in total. The van der Waals surface area contributed by atoms with Crippen molar-refractivity contribution in [1.29, 1.82) is 0 Å². The highest BCUT2D eigenvalue weighted by Crippen LogP contribution is 2.24. The quantitative estimate of drug-likeness (QED) is 0.871. The number of carbonyl (C=O) groups excluding carboxylic acids is 1. The third-order valence-electron chi connectivity index (χ3n) is 3.32. The molecule has 0 aromatic carbocycles. The van der Waals surface area contributed by atoms with Crippen LogP contribution in [0.4, 0.5) is 9.93 Å². The van der Waals surface area contributed by atoms with Gasteiger partial charge in [0.15, 0.2) is 5.13 Å². The first kappa shape index (κ1) is 13.8. The third kappa shape index (κ3) is 3.23. The molecule has 7 heteroatoms. The molecule has 104 valence electrons. The van der Waals surface area contributed by atoms with Gasteiger partial charge in [-0.2, -0.15) is 0 Å². The lowest BCUT2D eigenvalue weighted by Crippen LogP contribution is -2.47. The van der Waals surface area contributed by atoms with Gasteiger partial charge in [0.25, 0.3) is 0 Å². The summed E-state index contributed by atoms with van der Waals surface area (Å²) in [5, 5.41) is 14.2. The summed E-state index contributed by atoms with van der Waals surface area (Å²) in [4.78, 5) is 28.9. The smallest absolute Gasteiger partial charge is 0.323 e. The van der Waals surface area contributed by atoms with Gasteiger partial charge < -0.3 is 10.0 Å². The number of aliphatic carboxylic acids is 1. The lowest BCUT2D eigenvalue weighted by Gasteiger charge is -2.35. The Bertz CT molecular complexity index is 488. The summed E-state index contributed by atoms with van der Waals surface area (Å²) in [7, 11) is 0. The van der Waals surface area contributed by atoms with Crippen molar-refractivity contribution in [3.63, 3.8) is 0 Å². The van der Waals surface area contributed by atoms with Crippen molar-refractivity contribution in [1.82, 2.24) is 9.88 Å². The van der Waals surface area contributed by atoms with Gasteiger partial charge >= 0.3 is 12.0 Å². The van der Waals surface area contributed by atoms with Crippen molar-refractivity contribution >= 4 is 28.5 Å². The summed E-state index contributed by atoms with van der Waals surface area (Å²) in [6.07, 6.45) is 1.00. The van der Waals surface area contributed by atoms with Gasteiger partial charge in [-0.25, -0.2) is 9.78 Å². The Morgan fingerprint density at radius 2 is 2.32 bits per heavy atom. The molecule has 0 saturated carbocycles. The van der Waals surface area contributed by atoms with Crippen molar-refractivity contribution in [3.05, 3.63) is 11.1 Å². The topological polar surface area (TPSA) is 82.5 Å². The molecule has 2 unspecified atom stereocenters. The van der Waals surface area contributed by atoms with Crippen LogP contribution in [-0.4, -0.2) is 39.6 Å². The molecule has 0 bridgehead atoms. The van der Waals surface area contributed by atoms with Gasteiger partial charge in [0, 0.05) is 18.0 Å². The van der Waals surface area contributed by atoms with E-state index in [9.17, 15) is 9.59 Å². The summed E-state index contributed by atoms with van der Waals surface area (Å²) < 4.78 is 0. The SMILES string of the molecule is Cc1csc(NC(=O)N2CCC(C(=O)O)CC2C)n1. The number of urea groups is 1. The molecule has 2 amide bonds. The molecule has 2 rings (SSSR count). The molecule has 0 aliphatic carbocycles. The number of likely N-dealkylation sites (tertiary alicyclic amines) is 1. The maximum atomic E-state index is 12.1. The van der Waals surface area contributed by atoms with E-state index < -0.39 is 5.97 Å². The number of carbonyl (C=O) groups is 2. The predicted molar refractivity (Wildman–Crippen MR) is 72.4 cm³/mol. The molecule has 19 heavy (non-hydrogen) atoms. The Labute approximate surface area is 115 Å². The lowest BCUT2D eigenvalue weighted by atomic mass is 9.92. The summed E-state index contributed by atoms with van der Waals surface area (Å²) in [5.41, 5.74) is 0.873. The van der Waals surface area contributed by atoms with Crippen LogP contribution in [0.5, 0.6) is 0 Å². The van der Waals surface area contributed by atoms with Gasteiger partial charge in [-0.3, -0.25) is 10.1 Å². The number of nitrogens with one attached hydrogen (secondary N) is 1. The Morgan fingerprint density at radius 3 is 2.84 bits per heavy atom. The summed E-state index contributed by atoms with van der Waals surface area (Å²) in [6.45, 7) is 4.21. The number of rotatable bonds is 2. The Morgan fingerprint density at radius 1 is 1.58 bits per heavy atom. The van der Waals surface area contributed by atoms with E-state index in [1.165, 1.54) is 11.3 Å². The van der Waals surface area contributed by atoms with Crippen molar-refractivity contribution in [2.75, 3.05) is 11.9 Å². The van der Waals surface area contributed by atoms with Crippen LogP contribution in [0.3, 0.4) is 0 Å². The van der Waals surface area contributed by atoms with Crippen LogP contribution in [0.2, 0.25) is 0 Å². The average molecular weight is 283 g/mol. The predicted octanol–water partition coefficient (Wildman–Crippen LogP) is 2.17. The fourth-order valence-electron chi connectivity index (χ4n) is 2.27. The minimum absolute atomic E-state index is 0.0732. The van der Waals surface area contributed by atoms with Gasteiger partial charge in [0.1, 0.15) is 0 Å². The van der Waals surface area contributed by atoms with Gasteiger partial charge in [-0.05, 0) is 26.7 Å². The minimum Gasteiger partial charge on any atom is -0.481 e. The van der Waals surface area contributed by atoms with E-state index in [4.69, 9.17) is 5.11 Å². The number of thiazole rings is 1. The second-order valence-electron chi connectivity index (χ2n) is 4.83. The van der Waals surface area contributed by atoms with Crippen LogP contribution in [0.1, 0.15) is 25.5 Å². The molecule has 1 aromatic heterocycles. The standard InChI is InChI=1S/C12H17N3O3S/c1-7-6-19-11(13-7)14-12(18)15-4-3-9(10(16)17)5-8(15)2/h6,8-9H,3-5H2,1-2H3,(H,16,17)(H,13,14,18). The Balaban J connectivity index is 1.95. The van der Waals surface area contributed by atoms with E-state index in [1.54, 1.807) is 4.90 Å². The van der Waals surface area contributed by atoms with E-state index >= 15 is 0 Å². The molecule has 2 heterocycles. The van der Waals surface area contributed by atoms with Crippen molar-refractivity contribution in [3.8, 4) is 0 Å². The number of hydrogen-bond acceptors (Lipinski definition) is 4. The van der Waals surface area contributed by atoms with E-state index in [1.807, 2.05) is 19.2 Å². The number of hydrogen-bond donors (Lipinski definition) is 2. The number of amides is 2. The zero-order chi connectivity index (χ0) is 14.0. The second kappa shape index (κ2) is 5.56. The lowest BCUT2D eigenvalue weighted by molar-refractivity contribution is -0.143. The number of carboxylic acids is 1. The molecule has 1 aliphatic rings. The van der Waals surface area contributed by atoms with E-state index in [0.29, 0.717) is 24.5 Å². The third-order valence-corrected chi connectivity index (χ3v) is 4.19. The molecular formula is C12H17N3O3S. The summed E-state index contributed by atoms with van der Waals surface area (Å²) in [5.74, 6) is -1.12. The number of carboxylic acid groups (broad SMARTS) is 1. The number of anilines is 1. The van der Waals surface area contributed by atoms with Crippen LogP contribution in [0.25, 0.3) is 0 Å². The van der Waals surface area contributed by atoms with Gasteiger partial charge in [0.2, 0.25) is 0 Å². The number of nitrogens with zero attached hydrogens (tertiary/aromatic N) is 2. The van der Waals surface area contributed by atoms with Crippen LogP contribution >= 0.6 is 11.3 Å². The van der Waals surface area contributed by atoms with Crippen LogP contribution in [0.15, 0.2) is 5.38 Å². The monoisotopic (exact) mass is 283 g/mol. The number of piperidine rings is 1. The van der Waals surface area contributed by atoms with Crippen molar-refractivity contribution in [2.24, 2.45) is 5.92 Å². The first-order chi connectivity index (χ1) is 8.97. The van der Waals surface area contributed by atoms with E-state index in [-0.39, 0.29) is 18.0 Å². The molecule has 0 radical (unpaired) electrons. The maximum absolute atomic E-state index is 12.1. The van der Waals surface area contributed by atoms with E-state index in [2.05, 4.69) is 10.3 Å².